The predicted molar refractivity (Wildman–Crippen MR) is 78.9 cm³/mol. The topological polar surface area (TPSA) is 52.5 Å². The van der Waals surface area contributed by atoms with Crippen LogP contribution in [0.1, 0.15) is 17.2 Å². The van der Waals surface area contributed by atoms with Crippen molar-refractivity contribution in [1.82, 2.24) is 5.32 Å². The minimum Gasteiger partial charge on any atom is -0.508 e. The van der Waals surface area contributed by atoms with E-state index in [9.17, 15) is 10.2 Å². The molecule has 0 aromatic heterocycles. The van der Waals surface area contributed by atoms with Gasteiger partial charge in [-0.1, -0.05) is 46.3 Å². The van der Waals surface area contributed by atoms with Gasteiger partial charge in [0.2, 0.25) is 0 Å². The van der Waals surface area contributed by atoms with Gasteiger partial charge in [0, 0.05) is 16.6 Å². The van der Waals surface area contributed by atoms with Gasteiger partial charge < -0.3 is 15.5 Å². The number of benzene rings is 2. The van der Waals surface area contributed by atoms with Crippen LogP contribution in [-0.2, 0) is 6.54 Å². The Kier molecular flexibility index (Phi) is 4.96. The average Bonchev–Trinajstić information content (AvgIpc) is 2.44. The molecule has 3 N–H and O–H groups in total. The van der Waals surface area contributed by atoms with E-state index in [1.165, 1.54) is 0 Å². The SMILES string of the molecule is OCC(NCc1cc(Br)ccc1O)c1ccccc1. The number of phenolic OH excluding ortho intramolecular Hbond substituents is 1. The third-order valence-electron chi connectivity index (χ3n) is 2.96. The summed E-state index contributed by atoms with van der Waals surface area (Å²) in [6.45, 7) is 0.504. The second-order valence-corrected chi connectivity index (χ2v) is 5.22. The van der Waals surface area contributed by atoms with Crippen LogP contribution in [-0.4, -0.2) is 16.8 Å². The molecule has 0 aliphatic carbocycles. The molecule has 2 aromatic carbocycles. The molecule has 0 fully saturated rings. The minimum atomic E-state index is -0.139. The third-order valence-corrected chi connectivity index (χ3v) is 3.46. The van der Waals surface area contributed by atoms with Gasteiger partial charge >= 0.3 is 0 Å². The zero-order valence-corrected chi connectivity index (χ0v) is 12.0. The second-order valence-electron chi connectivity index (χ2n) is 4.30. The lowest BCUT2D eigenvalue weighted by molar-refractivity contribution is 0.243. The molecule has 1 unspecified atom stereocenters. The van der Waals surface area contributed by atoms with Crippen molar-refractivity contribution in [3.05, 3.63) is 64.1 Å². The Bertz CT molecular complexity index is 531. The lowest BCUT2D eigenvalue weighted by atomic mass is 10.1. The first-order chi connectivity index (χ1) is 9.20. The van der Waals surface area contributed by atoms with Crippen molar-refractivity contribution in [3.63, 3.8) is 0 Å². The van der Waals surface area contributed by atoms with E-state index >= 15 is 0 Å². The molecule has 0 aliphatic rings. The van der Waals surface area contributed by atoms with E-state index in [-0.39, 0.29) is 18.4 Å². The Hall–Kier alpha value is -1.36. The molecule has 0 aliphatic heterocycles. The maximum atomic E-state index is 9.77. The monoisotopic (exact) mass is 321 g/mol. The molecule has 1 atom stereocenters. The molecule has 2 rings (SSSR count). The minimum absolute atomic E-state index is 0.0127. The quantitative estimate of drug-likeness (QED) is 0.793. The molecule has 0 saturated carbocycles. The molecule has 0 spiro atoms. The third kappa shape index (κ3) is 3.80. The lowest BCUT2D eigenvalue weighted by Gasteiger charge is -2.17. The van der Waals surface area contributed by atoms with Gasteiger partial charge in [0.1, 0.15) is 5.75 Å². The summed E-state index contributed by atoms with van der Waals surface area (Å²) in [5.41, 5.74) is 1.82. The molecule has 3 nitrogen and oxygen atoms in total. The highest BCUT2D eigenvalue weighted by molar-refractivity contribution is 9.10. The fourth-order valence-corrected chi connectivity index (χ4v) is 2.31. The molecular formula is C15H16BrNO2. The summed E-state index contributed by atoms with van der Waals surface area (Å²) in [7, 11) is 0. The number of aliphatic hydroxyl groups excluding tert-OH is 1. The van der Waals surface area contributed by atoms with Gasteiger partial charge in [-0.2, -0.15) is 0 Å². The predicted octanol–water partition coefficient (Wildman–Crippen LogP) is 2.98. The summed E-state index contributed by atoms with van der Waals surface area (Å²) in [6.07, 6.45) is 0. The van der Waals surface area contributed by atoms with Crippen LogP contribution in [0.3, 0.4) is 0 Å². The van der Waals surface area contributed by atoms with E-state index in [0.717, 1.165) is 15.6 Å². The van der Waals surface area contributed by atoms with E-state index in [4.69, 9.17) is 0 Å². The van der Waals surface area contributed by atoms with Crippen LogP contribution in [0.15, 0.2) is 53.0 Å². The molecule has 0 saturated heterocycles. The van der Waals surface area contributed by atoms with Crippen molar-refractivity contribution in [3.8, 4) is 5.75 Å². The van der Waals surface area contributed by atoms with Crippen LogP contribution in [0.2, 0.25) is 0 Å². The van der Waals surface area contributed by atoms with Crippen molar-refractivity contribution in [2.45, 2.75) is 12.6 Å². The smallest absolute Gasteiger partial charge is 0.120 e. The molecule has 0 bridgehead atoms. The number of halogens is 1. The first kappa shape index (κ1) is 14.1. The Morgan fingerprint density at radius 2 is 1.84 bits per heavy atom. The van der Waals surface area contributed by atoms with Crippen LogP contribution in [0.25, 0.3) is 0 Å². The molecule has 19 heavy (non-hydrogen) atoms. The van der Waals surface area contributed by atoms with E-state index < -0.39 is 0 Å². The van der Waals surface area contributed by atoms with Crippen molar-refractivity contribution < 1.29 is 10.2 Å². The Morgan fingerprint density at radius 3 is 2.53 bits per heavy atom. The summed E-state index contributed by atoms with van der Waals surface area (Å²) < 4.78 is 0.919. The highest BCUT2D eigenvalue weighted by atomic mass is 79.9. The molecule has 100 valence electrons. The average molecular weight is 322 g/mol. The largest absolute Gasteiger partial charge is 0.508 e. The van der Waals surface area contributed by atoms with E-state index in [2.05, 4.69) is 21.2 Å². The van der Waals surface area contributed by atoms with Crippen LogP contribution in [0, 0.1) is 0 Å². The first-order valence-electron chi connectivity index (χ1n) is 6.07. The van der Waals surface area contributed by atoms with Gasteiger partial charge in [-0.15, -0.1) is 0 Å². The van der Waals surface area contributed by atoms with Gasteiger partial charge in [-0.25, -0.2) is 0 Å². The van der Waals surface area contributed by atoms with Crippen molar-refractivity contribution in [2.75, 3.05) is 6.61 Å². The number of rotatable bonds is 5. The fraction of sp³-hybridized carbons (Fsp3) is 0.200. The van der Waals surface area contributed by atoms with Gasteiger partial charge in [0.05, 0.1) is 12.6 Å². The van der Waals surface area contributed by atoms with Gasteiger partial charge in [-0.05, 0) is 23.8 Å². The molecule has 2 aromatic rings. The number of hydrogen-bond acceptors (Lipinski definition) is 3. The fourth-order valence-electron chi connectivity index (χ4n) is 1.90. The zero-order valence-electron chi connectivity index (χ0n) is 10.4. The van der Waals surface area contributed by atoms with Gasteiger partial charge in [-0.3, -0.25) is 0 Å². The first-order valence-corrected chi connectivity index (χ1v) is 6.86. The van der Waals surface area contributed by atoms with E-state index in [1.807, 2.05) is 36.4 Å². The lowest BCUT2D eigenvalue weighted by Crippen LogP contribution is -2.23. The van der Waals surface area contributed by atoms with E-state index in [0.29, 0.717) is 6.54 Å². The normalized spacial score (nSPS) is 12.3. The zero-order chi connectivity index (χ0) is 13.7. The summed E-state index contributed by atoms with van der Waals surface area (Å²) in [4.78, 5) is 0. The van der Waals surface area contributed by atoms with Crippen LogP contribution in [0.4, 0.5) is 0 Å². The maximum Gasteiger partial charge on any atom is 0.120 e. The van der Waals surface area contributed by atoms with E-state index in [1.54, 1.807) is 12.1 Å². The molecular weight excluding hydrogens is 306 g/mol. The number of hydrogen-bond donors (Lipinski definition) is 3. The highest BCUT2D eigenvalue weighted by Crippen LogP contribution is 2.22. The standard InChI is InChI=1S/C15H16BrNO2/c16-13-6-7-15(19)12(8-13)9-17-14(10-18)11-4-2-1-3-5-11/h1-8,14,17-19H,9-10H2. The number of aliphatic hydroxyl groups is 1. The summed E-state index contributed by atoms with van der Waals surface area (Å²) in [6, 6.07) is 14.9. The Balaban J connectivity index is 2.06. The van der Waals surface area contributed by atoms with Crippen molar-refractivity contribution in [2.24, 2.45) is 0 Å². The van der Waals surface area contributed by atoms with Crippen LogP contribution >= 0.6 is 15.9 Å². The summed E-state index contributed by atoms with van der Waals surface area (Å²) in [5.74, 6) is 0.250. The van der Waals surface area contributed by atoms with Gasteiger partial charge in [0.15, 0.2) is 0 Å². The number of aromatic hydroxyl groups is 1. The second kappa shape index (κ2) is 6.70. The van der Waals surface area contributed by atoms with Crippen LogP contribution in [0.5, 0.6) is 5.75 Å². The summed E-state index contributed by atoms with van der Waals surface area (Å²) in [5, 5.41) is 22.5. The van der Waals surface area contributed by atoms with Gasteiger partial charge in [0.25, 0.3) is 0 Å². The highest BCUT2D eigenvalue weighted by Gasteiger charge is 2.10. The Labute approximate surface area is 121 Å². The Morgan fingerprint density at radius 1 is 1.11 bits per heavy atom. The molecule has 0 heterocycles. The molecule has 4 heteroatoms. The van der Waals surface area contributed by atoms with Crippen LogP contribution < -0.4 is 5.32 Å². The number of nitrogens with one attached hydrogen (secondary N) is 1. The molecule has 0 amide bonds. The maximum absolute atomic E-state index is 9.77. The summed E-state index contributed by atoms with van der Waals surface area (Å²) >= 11 is 3.38. The number of phenols is 1. The van der Waals surface area contributed by atoms with Crippen molar-refractivity contribution in [1.29, 1.82) is 0 Å². The van der Waals surface area contributed by atoms with Crippen molar-refractivity contribution >= 4 is 15.9 Å². The molecule has 0 radical (unpaired) electrons.